The highest BCUT2D eigenvalue weighted by Crippen LogP contribution is 2.28. The molecule has 20 heavy (non-hydrogen) atoms. The summed E-state index contributed by atoms with van der Waals surface area (Å²) >= 11 is 0. The van der Waals surface area contributed by atoms with Crippen LogP contribution in [0.15, 0.2) is 18.3 Å². The van der Waals surface area contributed by atoms with Crippen LogP contribution in [0.25, 0.3) is 11.0 Å². The number of hydrogen-bond acceptors (Lipinski definition) is 3. The van der Waals surface area contributed by atoms with Gasteiger partial charge < -0.3 is 9.72 Å². The molecule has 0 bridgehead atoms. The Morgan fingerprint density at radius 3 is 2.75 bits per heavy atom. The fraction of sp³-hybridized carbons (Fsp3) is 0.562. The van der Waals surface area contributed by atoms with E-state index in [4.69, 9.17) is 9.72 Å². The third-order valence-electron chi connectivity index (χ3n) is 3.90. The van der Waals surface area contributed by atoms with E-state index in [0.29, 0.717) is 0 Å². The lowest BCUT2D eigenvalue weighted by molar-refractivity contribution is 0.0334. The van der Waals surface area contributed by atoms with E-state index in [9.17, 15) is 0 Å². The second-order valence-electron chi connectivity index (χ2n) is 6.54. The molecule has 0 saturated carbocycles. The maximum atomic E-state index is 5.42. The monoisotopic (exact) mass is 273 g/mol. The van der Waals surface area contributed by atoms with Gasteiger partial charge in [-0.15, -0.1) is 0 Å². The van der Waals surface area contributed by atoms with Crippen molar-refractivity contribution in [1.82, 2.24) is 14.9 Å². The van der Waals surface area contributed by atoms with E-state index in [1.54, 1.807) is 0 Å². The molecule has 108 valence electrons. The summed E-state index contributed by atoms with van der Waals surface area (Å²) in [5.41, 5.74) is 3.63. The van der Waals surface area contributed by atoms with E-state index in [1.165, 1.54) is 16.6 Å². The molecule has 1 N–H and O–H groups in total. The van der Waals surface area contributed by atoms with Gasteiger partial charge in [-0.2, -0.15) is 0 Å². The van der Waals surface area contributed by atoms with Gasteiger partial charge in [0.05, 0.1) is 18.9 Å². The number of nitrogens with one attached hydrogen (secondary N) is 1. The Hall–Kier alpha value is -1.39. The SMILES string of the molecule is CC(C)(C)c1cc2cc[nH]c2nc1CN1CCOCC1. The Kier molecular flexibility index (Phi) is 3.52. The summed E-state index contributed by atoms with van der Waals surface area (Å²) in [6, 6.07) is 4.38. The number of pyridine rings is 1. The maximum Gasteiger partial charge on any atom is 0.137 e. The topological polar surface area (TPSA) is 41.2 Å². The van der Waals surface area contributed by atoms with Crippen molar-refractivity contribution in [3.63, 3.8) is 0 Å². The van der Waals surface area contributed by atoms with E-state index in [0.717, 1.165) is 38.5 Å². The molecule has 0 aliphatic carbocycles. The van der Waals surface area contributed by atoms with Crippen LogP contribution in [-0.2, 0) is 16.7 Å². The summed E-state index contributed by atoms with van der Waals surface area (Å²) in [4.78, 5) is 10.5. The summed E-state index contributed by atoms with van der Waals surface area (Å²) in [5.74, 6) is 0. The predicted molar refractivity (Wildman–Crippen MR) is 80.9 cm³/mol. The van der Waals surface area contributed by atoms with Crippen LogP contribution in [0.3, 0.4) is 0 Å². The number of morpholine rings is 1. The van der Waals surface area contributed by atoms with Gasteiger partial charge in [0.1, 0.15) is 5.65 Å². The van der Waals surface area contributed by atoms with Crippen molar-refractivity contribution in [2.45, 2.75) is 32.7 Å². The molecule has 0 spiro atoms. The molecule has 0 aromatic carbocycles. The van der Waals surface area contributed by atoms with Gasteiger partial charge in [0.15, 0.2) is 0 Å². The third-order valence-corrected chi connectivity index (χ3v) is 3.90. The van der Waals surface area contributed by atoms with Crippen LogP contribution in [0.4, 0.5) is 0 Å². The predicted octanol–water partition coefficient (Wildman–Crippen LogP) is 2.69. The maximum absolute atomic E-state index is 5.42. The van der Waals surface area contributed by atoms with Gasteiger partial charge in [0.2, 0.25) is 0 Å². The van der Waals surface area contributed by atoms with Crippen LogP contribution < -0.4 is 0 Å². The normalized spacial score (nSPS) is 17.8. The average Bonchev–Trinajstić information content (AvgIpc) is 2.85. The zero-order chi connectivity index (χ0) is 14.2. The zero-order valence-electron chi connectivity index (χ0n) is 12.6. The van der Waals surface area contributed by atoms with E-state index in [-0.39, 0.29) is 5.41 Å². The van der Waals surface area contributed by atoms with Gasteiger partial charge >= 0.3 is 0 Å². The minimum Gasteiger partial charge on any atom is -0.379 e. The van der Waals surface area contributed by atoms with E-state index >= 15 is 0 Å². The molecule has 0 radical (unpaired) electrons. The Labute approximate surface area is 120 Å². The quantitative estimate of drug-likeness (QED) is 0.914. The van der Waals surface area contributed by atoms with Crippen molar-refractivity contribution in [3.8, 4) is 0 Å². The lowest BCUT2D eigenvalue weighted by Gasteiger charge is -2.29. The van der Waals surface area contributed by atoms with Gasteiger partial charge in [-0.05, 0) is 23.1 Å². The van der Waals surface area contributed by atoms with E-state index in [1.807, 2.05) is 6.20 Å². The lowest BCUT2D eigenvalue weighted by Crippen LogP contribution is -2.36. The molecule has 1 aliphatic rings. The van der Waals surface area contributed by atoms with Crippen LogP contribution in [0.1, 0.15) is 32.0 Å². The van der Waals surface area contributed by atoms with Crippen molar-refractivity contribution in [2.24, 2.45) is 0 Å². The number of nitrogens with zero attached hydrogens (tertiary/aromatic N) is 2. The van der Waals surface area contributed by atoms with E-state index < -0.39 is 0 Å². The molecular weight excluding hydrogens is 250 g/mol. The fourth-order valence-corrected chi connectivity index (χ4v) is 2.76. The van der Waals surface area contributed by atoms with Gasteiger partial charge in [-0.25, -0.2) is 4.98 Å². The first-order valence-corrected chi connectivity index (χ1v) is 7.31. The number of H-pyrrole nitrogens is 1. The number of aromatic nitrogens is 2. The van der Waals surface area contributed by atoms with Gasteiger partial charge in [-0.1, -0.05) is 20.8 Å². The van der Waals surface area contributed by atoms with Gasteiger partial charge in [0.25, 0.3) is 0 Å². The summed E-state index contributed by atoms with van der Waals surface area (Å²) in [5, 5.41) is 1.20. The number of ether oxygens (including phenoxy) is 1. The molecule has 3 rings (SSSR count). The standard InChI is InChI=1S/C16H23N3O/c1-16(2,3)13-10-12-4-5-17-15(12)18-14(13)11-19-6-8-20-9-7-19/h4-5,10H,6-9,11H2,1-3H3,(H,17,18). The summed E-state index contributed by atoms with van der Waals surface area (Å²) < 4.78 is 5.42. The highest BCUT2D eigenvalue weighted by molar-refractivity contribution is 5.76. The minimum atomic E-state index is 0.111. The van der Waals surface area contributed by atoms with Crippen molar-refractivity contribution in [2.75, 3.05) is 26.3 Å². The molecule has 0 amide bonds. The second-order valence-corrected chi connectivity index (χ2v) is 6.54. The molecule has 1 aliphatic heterocycles. The highest BCUT2D eigenvalue weighted by Gasteiger charge is 2.22. The number of aromatic amines is 1. The Morgan fingerprint density at radius 1 is 1.30 bits per heavy atom. The van der Waals surface area contributed by atoms with Crippen molar-refractivity contribution >= 4 is 11.0 Å². The van der Waals surface area contributed by atoms with Gasteiger partial charge in [-0.3, -0.25) is 4.90 Å². The van der Waals surface area contributed by atoms with Crippen molar-refractivity contribution in [3.05, 3.63) is 29.6 Å². The first-order valence-electron chi connectivity index (χ1n) is 7.31. The zero-order valence-corrected chi connectivity index (χ0v) is 12.6. The van der Waals surface area contributed by atoms with Crippen LogP contribution >= 0.6 is 0 Å². The van der Waals surface area contributed by atoms with E-state index in [2.05, 4.69) is 42.8 Å². The molecule has 2 aromatic rings. The Balaban J connectivity index is 1.97. The number of hydrogen-bond donors (Lipinski definition) is 1. The average molecular weight is 273 g/mol. The summed E-state index contributed by atoms with van der Waals surface area (Å²) in [6.45, 7) is 11.3. The second kappa shape index (κ2) is 5.19. The smallest absolute Gasteiger partial charge is 0.137 e. The molecule has 0 atom stereocenters. The molecule has 0 unspecified atom stereocenters. The molecule has 1 fully saturated rings. The first-order chi connectivity index (χ1) is 9.54. The third kappa shape index (κ3) is 2.72. The van der Waals surface area contributed by atoms with Crippen LogP contribution in [0.2, 0.25) is 0 Å². The van der Waals surface area contributed by atoms with Crippen LogP contribution in [0.5, 0.6) is 0 Å². The molecule has 4 heteroatoms. The molecule has 2 aromatic heterocycles. The molecular formula is C16H23N3O. The lowest BCUT2D eigenvalue weighted by atomic mass is 9.85. The fourth-order valence-electron chi connectivity index (χ4n) is 2.76. The van der Waals surface area contributed by atoms with Crippen molar-refractivity contribution in [1.29, 1.82) is 0 Å². The molecule has 1 saturated heterocycles. The highest BCUT2D eigenvalue weighted by atomic mass is 16.5. The minimum absolute atomic E-state index is 0.111. The van der Waals surface area contributed by atoms with Gasteiger partial charge in [0, 0.05) is 31.2 Å². The van der Waals surface area contributed by atoms with Crippen LogP contribution in [0, 0.1) is 0 Å². The summed E-state index contributed by atoms with van der Waals surface area (Å²) in [7, 11) is 0. The van der Waals surface area contributed by atoms with Crippen LogP contribution in [-0.4, -0.2) is 41.2 Å². The first kappa shape index (κ1) is 13.6. The largest absolute Gasteiger partial charge is 0.379 e. The molecule has 3 heterocycles. The Bertz CT molecular complexity index is 591. The number of fused-ring (bicyclic) bond motifs is 1. The van der Waals surface area contributed by atoms with Crippen molar-refractivity contribution < 1.29 is 4.74 Å². The Morgan fingerprint density at radius 2 is 2.05 bits per heavy atom. The molecule has 4 nitrogen and oxygen atoms in total. The summed E-state index contributed by atoms with van der Waals surface area (Å²) in [6.07, 6.45) is 1.96. The number of rotatable bonds is 2.